The minimum absolute atomic E-state index is 0.0202. The number of rotatable bonds is 11. The van der Waals surface area contributed by atoms with Gasteiger partial charge in [0.05, 0.1) is 25.9 Å². The summed E-state index contributed by atoms with van der Waals surface area (Å²) in [6.07, 6.45) is -1.76. The minimum atomic E-state index is -4.33. The predicted octanol–water partition coefficient (Wildman–Crippen LogP) is 1.02. The second kappa shape index (κ2) is 12.3. The Hall–Kier alpha value is -2.66. The van der Waals surface area contributed by atoms with E-state index in [0.29, 0.717) is 11.2 Å². The zero-order valence-electron chi connectivity index (χ0n) is 24.1. The zero-order chi connectivity index (χ0) is 33.9. The molecule has 8 N–H and O–H groups in total. The maximum Gasteiger partial charge on any atom is 0.325 e. The fourth-order valence-corrected chi connectivity index (χ4v) is 7.48. The van der Waals surface area contributed by atoms with Gasteiger partial charge in [0, 0.05) is 12.8 Å². The molecular weight excluding hydrogens is 712 g/mol. The van der Waals surface area contributed by atoms with Crippen LogP contribution in [-0.2, 0) is 46.7 Å². The molecule has 2 fully saturated rings. The number of alkyl halides is 2. The van der Waals surface area contributed by atoms with Crippen molar-refractivity contribution in [3.05, 3.63) is 19.0 Å². The number of anilines is 2. The SMILES string of the molecule is C[C@]1(COP(O)(O)=S)O[C@@H](n2cnc3c(N)ncnc32)C[C@@H]1OP(O)(=S)OC[C@@]1(CF)O[C@@H](n2cnc3c(O)nc(N)nc32)CC1F. The molecule has 7 atom stereocenters. The number of halogens is 2. The fourth-order valence-electron chi connectivity index (χ4n) is 5.36. The third-order valence-electron chi connectivity index (χ3n) is 7.76. The smallest absolute Gasteiger partial charge is 0.325 e. The molecule has 4 aromatic heterocycles. The van der Waals surface area contributed by atoms with Gasteiger partial charge in [0.15, 0.2) is 28.2 Å². The molecule has 2 aliphatic rings. The number of hydrogen-bond acceptors (Lipinski definition) is 16. The summed E-state index contributed by atoms with van der Waals surface area (Å²) < 4.78 is 61.1. The minimum Gasteiger partial charge on any atom is -0.492 e. The number of aromatic nitrogens is 8. The Labute approximate surface area is 273 Å². The number of aromatic hydroxyl groups is 1. The highest BCUT2D eigenvalue weighted by Crippen LogP contribution is 2.54. The van der Waals surface area contributed by atoms with Crippen molar-refractivity contribution in [3.63, 3.8) is 0 Å². The Kier molecular flexibility index (Phi) is 8.98. The Balaban J connectivity index is 1.20. The van der Waals surface area contributed by atoms with Crippen molar-refractivity contribution in [2.24, 2.45) is 0 Å². The normalized spacial score (nSPS) is 29.6. The highest BCUT2D eigenvalue weighted by atomic mass is 32.5. The van der Waals surface area contributed by atoms with E-state index in [1.54, 1.807) is 0 Å². The Bertz CT molecular complexity index is 1920. The lowest BCUT2D eigenvalue weighted by molar-refractivity contribution is -0.126. The molecule has 4 aromatic rings. The van der Waals surface area contributed by atoms with Gasteiger partial charge in [-0.3, -0.25) is 9.13 Å². The van der Waals surface area contributed by atoms with E-state index in [1.165, 1.54) is 35.0 Å². The van der Waals surface area contributed by atoms with E-state index in [2.05, 4.69) is 41.7 Å². The fraction of sp³-hybridized carbons (Fsp3) is 0.545. The van der Waals surface area contributed by atoms with Crippen molar-refractivity contribution < 1.29 is 51.6 Å². The highest BCUT2D eigenvalue weighted by molar-refractivity contribution is 8.07. The van der Waals surface area contributed by atoms with E-state index >= 15 is 4.39 Å². The lowest BCUT2D eigenvalue weighted by Crippen LogP contribution is -2.45. The lowest BCUT2D eigenvalue weighted by Gasteiger charge is -2.33. The van der Waals surface area contributed by atoms with Crippen molar-refractivity contribution in [1.29, 1.82) is 0 Å². The predicted molar refractivity (Wildman–Crippen MR) is 165 cm³/mol. The van der Waals surface area contributed by atoms with Gasteiger partial charge in [-0.05, 0) is 30.5 Å². The standard InChI is InChI=1S/C22H28F2N10O9P2S2/c1-21(5-39-44(36,37)46)11(3-13(41-21)33-8-29-14-16(25)27-7-28-17(14)33)43-45(38,47)40-6-22(4-23)10(24)2-12(42-22)34-9-30-15-18(34)31-20(26)32-19(15)35/h7-13H,2-6H2,1H3,(H,38,47)(H2,25,27,28)(H2,36,37,46)(H3,26,31,32,35)/t10?,11-,12+,13+,21+,22+,45?/m0/s1. The van der Waals surface area contributed by atoms with Crippen LogP contribution in [0.15, 0.2) is 19.0 Å². The number of nitrogen functional groups attached to an aromatic ring is 2. The van der Waals surface area contributed by atoms with Gasteiger partial charge in [0.2, 0.25) is 11.8 Å². The van der Waals surface area contributed by atoms with Gasteiger partial charge in [-0.1, -0.05) is 0 Å². The first-order chi connectivity index (χ1) is 22.0. The molecule has 256 valence electrons. The summed E-state index contributed by atoms with van der Waals surface area (Å²) >= 11 is 9.80. The van der Waals surface area contributed by atoms with Gasteiger partial charge in [-0.15, -0.1) is 0 Å². The van der Waals surface area contributed by atoms with E-state index in [0.717, 1.165) is 0 Å². The molecule has 25 heteroatoms. The first-order valence-corrected chi connectivity index (χ1v) is 18.8. The maximum absolute atomic E-state index is 15.5. The summed E-state index contributed by atoms with van der Waals surface area (Å²) in [6, 6.07) is 0. The van der Waals surface area contributed by atoms with Crippen LogP contribution in [0, 0.1) is 0 Å². The Morgan fingerprint density at radius 1 is 0.979 bits per heavy atom. The molecule has 0 aromatic carbocycles. The maximum atomic E-state index is 15.5. The summed E-state index contributed by atoms with van der Waals surface area (Å²) in [6.45, 7) is -9.79. The first kappa shape index (κ1) is 34.2. The average Bonchev–Trinajstić information content (AvgIpc) is 3.75. The van der Waals surface area contributed by atoms with Gasteiger partial charge in [-0.2, -0.15) is 9.97 Å². The van der Waals surface area contributed by atoms with Crippen molar-refractivity contribution in [1.82, 2.24) is 39.0 Å². The van der Waals surface area contributed by atoms with E-state index in [1.807, 2.05) is 0 Å². The zero-order valence-corrected chi connectivity index (χ0v) is 27.5. The van der Waals surface area contributed by atoms with Crippen LogP contribution >= 0.6 is 13.4 Å². The Morgan fingerprint density at radius 3 is 2.36 bits per heavy atom. The van der Waals surface area contributed by atoms with E-state index < -0.39 is 75.1 Å². The topological polar surface area (TPSA) is 266 Å². The molecule has 0 spiro atoms. The number of fused-ring (bicyclic) bond motifs is 2. The molecule has 47 heavy (non-hydrogen) atoms. The molecule has 2 unspecified atom stereocenters. The quantitative estimate of drug-likeness (QED) is 0.117. The van der Waals surface area contributed by atoms with E-state index in [9.17, 15) is 24.2 Å². The van der Waals surface area contributed by atoms with Crippen LogP contribution in [0.3, 0.4) is 0 Å². The third kappa shape index (κ3) is 6.67. The number of nitrogens with zero attached hydrogens (tertiary/aromatic N) is 8. The lowest BCUT2D eigenvalue weighted by atomic mass is 10.0. The molecule has 0 saturated carbocycles. The second-order valence-electron chi connectivity index (χ2n) is 11.0. The first-order valence-electron chi connectivity index (χ1n) is 13.6. The van der Waals surface area contributed by atoms with Crippen LogP contribution in [0.5, 0.6) is 5.88 Å². The third-order valence-corrected chi connectivity index (χ3v) is 10.1. The van der Waals surface area contributed by atoms with Crippen LogP contribution in [0.1, 0.15) is 32.2 Å². The molecule has 0 bridgehead atoms. The molecule has 0 radical (unpaired) electrons. The molecule has 2 aliphatic heterocycles. The van der Waals surface area contributed by atoms with Gasteiger partial charge in [-0.25, -0.2) is 28.7 Å². The summed E-state index contributed by atoms with van der Waals surface area (Å²) in [5.74, 6) is -0.670. The second-order valence-corrected chi connectivity index (χ2v) is 16.5. The van der Waals surface area contributed by atoms with Crippen LogP contribution in [0.2, 0.25) is 0 Å². The van der Waals surface area contributed by atoms with Crippen LogP contribution in [-0.4, -0.2) is 102 Å². The number of imidazole rings is 2. The monoisotopic (exact) mass is 740 g/mol. The van der Waals surface area contributed by atoms with Crippen LogP contribution in [0.25, 0.3) is 22.3 Å². The summed E-state index contributed by atoms with van der Waals surface area (Å²) in [7, 11) is 0. The molecule has 19 nitrogen and oxygen atoms in total. The van der Waals surface area contributed by atoms with Gasteiger partial charge < -0.3 is 54.3 Å². The van der Waals surface area contributed by atoms with Gasteiger partial charge in [0.1, 0.15) is 48.9 Å². The Morgan fingerprint density at radius 2 is 1.66 bits per heavy atom. The van der Waals surface area contributed by atoms with Gasteiger partial charge >= 0.3 is 13.4 Å². The van der Waals surface area contributed by atoms with E-state index in [4.69, 9.17) is 46.3 Å². The van der Waals surface area contributed by atoms with Crippen LogP contribution < -0.4 is 11.5 Å². The number of ether oxygens (including phenoxy) is 2. The van der Waals surface area contributed by atoms with Crippen molar-refractivity contribution in [2.75, 3.05) is 31.4 Å². The average molecular weight is 741 g/mol. The molecule has 2 saturated heterocycles. The number of nitrogens with two attached hydrogens (primary N) is 2. The van der Waals surface area contributed by atoms with Crippen molar-refractivity contribution in [2.45, 2.75) is 55.7 Å². The van der Waals surface area contributed by atoms with Gasteiger partial charge in [0.25, 0.3) is 0 Å². The highest BCUT2D eigenvalue weighted by Gasteiger charge is 2.54. The number of hydrogen-bond donors (Lipinski definition) is 6. The van der Waals surface area contributed by atoms with Crippen molar-refractivity contribution >= 4 is 71.1 Å². The summed E-state index contributed by atoms with van der Waals surface area (Å²) in [5.41, 5.74) is 8.34. The largest absolute Gasteiger partial charge is 0.492 e. The summed E-state index contributed by atoms with van der Waals surface area (Å²) in [4.78, 5) is 54.4. The van der Waals surface area contributed by atoms with Crippen LogP contribution in [0.4, 0.5) is 20.5 Å². The molecule has 6 rings (SSSR count). The van der Waals surface area contributed by atoms with Crippen molar-refractivity contribution in [3.8, 4) is 5.88 Å². The molecule has 0 aliphatic carbocycles. The summed E-state index contributed by atoms with van der Waals surface area (Å²) in [5, 5.41) is 10.0. The molecular formula is C22H28F2N10O9P2S2. The molecule has 6 heterocycles. The molecule has 0 amide bonds. The van der Waals surface area contributed by atoms with E-state index in [-0.39, 0.29) is 35.8 Å².